The van der Waals surface area contributed by atoms with Crippen LogP contribution in [0.4, 0.5) is 0 Å². The summed E-state index contributed by atoms with van der Waals surface area (Å²) in [6.45, 7) is 6.01. The number of aryl methyl sites for hydroxylation is 1. The second-order valence-electron chi connectivity index (χ2n) is 5.29. The summed E-state index contributed by atoms with van der Waals surface area (Å²) in [5, 5.41) is 3.43. The molecule has 1 N–H and O–H groups in total. The minimum absolute atomic E-state index is 0.0472. The van der Waals surface area contributed by atoms with Crippen LogP contribution in [0.2, 0.25) is 0 Å². The van der Waals surface area contributed by atoms with E-state index in [1.54, 1.807) is 11.3 Å². The zero-order valence-corrected chi connectivity index (χ0v) is 12.1. The Balaban J connectivity index is 2.26. The Morgan fingerprint density at radius 1 is 1.47 bits per heavy atom. The average Bonchev–Trinajstić information content (AvgIpc) is 2.60. The first-order valence-electron chi connectivity index (χ1n) is 5.88. The Hall–Kier alpha value is -0.390. The van der Waals surface area contributed by atoms with Crippen molar-refractivity contribution in [2.24, 2.45) is 0 Å². The van der Waals surface area contributed by atoms with Gasteiger partial charge in [-0.1, -0.05) is 6.92 Å². The molecular formula is C12H19NO2S2. The highest BCUT2D eigenvalue weighted by atomic mass is 32.2. The van der Waals surface area contributed by atoms with Crippen LogP contribution in [0.25, 0.3) is 0 Å². The summed E-state index contributed by atoms with van der Waals surface area (Å²) in [7, 11) is -2.94. The zero-order chi connectivity index (χ0) is 12.7. The monoisotopic (exact) mass is 273 g/mol. The molecule has 3 nitrogen and oxygen atoms in total. The van der Waals surface area contributed by atoms with Crippen LogP contribution in [0.3, 0.4) is 0 Å². The third kappa shape index (κ3) is 3.09. The van der Waals surface area contributed by atoms with E-state index in [1.165, 1.54) is 4.88 Å². The van der Waals surface area contributed by atoms with E-state index < -0.39 is 9.84 Å². The molecule has 1 saturated heterocycles. The van der Waals surface area contributed by atoms with E-state index in [0.29, 0.717) is 0 Å². The molecule has 2 rings (SSSR count). The number of hydrogen-bond donors (Lipinski definition) is 1. The smallest absolute Gasteiger partial charge is 0.153 e. The van der Waals surface area contributed by atoms with Gasteiger partial charge in [0, 0.05) is 15.3 Å². The Kier molecular flexibility index (Phi) is 3.36. The van der Waals surface area contributed by atoms with Gasteiger partial charge in [-0.2, -0.15) is 0 Å². The Morgan fingerprint density at radius 2 is 2.18 bits per heavy atom. The fourth-order valence-electron chi connectivity index (χ4n) is 2.34. The first-order chi connectivity index (χ1) is 7.81. The number of rotatable bonds is 2. The van der Waals surface area contributed by atoms with Gasteiger partial charge in [0.1, 0.15) is 0 Å². The summed E-state index contributed by atoms with van der Waals surface area (Å²) >= 11 is 1.71. The summed E-state index contributed by atoms with van der Waals surface area (Å²) in [5.74, 6) is 0.447. The molecule has 0 radical (unpaired) electrons. The number of thiophene rings is 1. The molecule has 0 spiro atoms. The summed E-state index contributed by atoms with van der Waals surface area (Å²) in [5.41, 5.74) is -0.335. The number of nitrogens with one attached hydrogen (secondary N) is 1. The van der Waals surface area contributed by atoms with E-state index in [1.807, 2.05) is 13.8 Å². The topological polar surface area (TPSA) is 46.2 Å². The number of sulfone groups is 1. The Morgan fingerprint density at radius 3 is 2.71 bits per heavy atom. The van der Waals surface area contributed by atoms with Crippen LogP contribution in [0.15, 0.2) is 12.1 Å². The van der Waals surface area contributed by atoms with E-state index in [-0.39, 0.29) is 23.1 Å². The van der Waals surface area contributed by atoms with Crippen molar-refractivity contribution in [2.75, 3.05) is 11.5 Å². The van der Waals surface area contributed by atoms with Crippen LogP contribution in [-0.2, 0) is 16.3 Å². The molecule has 0 aromatic carbocycles. The van der Waals surface area contributed by atoms with Crippen molar-refractivity contribution < 1.29 is 8.42 Å². The first kappa shape index (κ1) is 13.1. The Labute approximate surface area is 107 Å². The lowest BCUT2D eigenvalue weighted by atomic mass is 10.1. The predicted molar refractivity (Wildman–Crippen MR) is 72.3 cm³/mol. The first-order valence-corrected chi connectivity index (χ1v) is 8.52. The normalized spacial score (nSPS) is 26.9. The zero-order valence-electron chi connectivity index (χ0n) is 10.5. The summed E-state index contributed by atoms with van der Waals surface area (Å²) in [4.78, 5) is 2.45. The molecule has 2 heterocycles. The standard InChI is InChI=1S/C12H19NO2S2/c1-4-9-5-6-11(16-9)10-7-17(14,15)8-12(2,3)13-10/h5-6,10,13H,4,7-8H2,1-3H3. The van der Waals surface area contributed by atoms with E-state index in [9.17, 15) is 8.42 Å². The molecule has 1 aliphatic heterocycles. The van der Waals surface area contributed by atoms with Crippen LogP contribution in [-0.4, -0.2) is 25.5 Å². The second-order valence-corrected chi connectivity index (χ2v) is 8.60. The fourth-order valence-corrected chi connectivity index (χ4v) is 5.52. The van der Waals surface area contributed by atoms with Crippen LogP contribution >= 0.6 is 11.3 Å². The van der Waals surface area contributed by atoms with Crippen molar-refractivity contribution in [3.05, 3.63) is 21.9 Å². The van der Waals surface area contributed by atoms with E-state index in [4.69, 9.17) is 0 Å². The molecule has 0 amide bonds. The van der Waals surface area contributed by atoms with Gasteiger partial charge < -0.3 is 5.32 Å². The molecule has 1 fully saturated rings. The van der Waals surface area contributed by atoms with E-state index in [2.05, 4.69) is 24.4 Å². The van der Waals surface area contributed by atoms with Crippen molar-refractivity contribution in [3.8, 4) is 0 Å². The molecule has 1 aromatic rings. The second kappa shape index (κ2) is 4.37. The van der Waals surface area contributed by atoms with Gasteiger partial charge in [0.2, 0.25) is 0 Å². The van der Waals surface area contributed by atoms with Crippen LogP contribution in [0.1, 0.15) is 36.6 Å². The van der Waals surface area contributed by atoms with Gasteiger partial charge in [0.15, 0.2) is 9.84 Å². The van der Waals surface area contributed by atoms with Crippen molar-refractivity contribution >= 4 is 21.2 Å². The van der Waals surface area contributed by atoms with Gasteiger partial charge in [0.05, 0.1) is 17.5 Å². The summed E-state index contributed by atoms with van der Waals surface area (Å²) < 4.78 is 23.8. The molecule has 1 unspecified atom stereocenters. The van der Waals surface area contributed by atoms with Crippen molar-refractivity contribution in [1.82, 2.24) is 5.32 Å². The molecule has 5 heteroatoms. The fraction of sp³-hybridized carbons (Fsp3) is 0.667. The maximum absolute atomic E-state index is 11.9. The third-order valence-corrected chi connectivity index (χ3v) is 6.29. The highest BCUT2D eigenvalue weighted by Crippen LogP contribution is 2.30. The van der Waals surface area contributed by atoms with Gasteiger partial charge in [0.25, 0.3) is 0 Å². The van der Waals surface area contributed by atoms with Crippen molar-refractivity contribution in [1.29, 1.82) is 0 Å². The lowest BCUT2D eigenvalue weighted by Crippen LogP contribution is -2.53. The van der Waals surface area contributed by atoms with Gasteiger partial charge in [-0.3, -0.25) is 0 Å². The van der Waals surface area contributed by atoms with E-state index >= 15 is 0 Å². The van der Waals surface area contributed by atoms with Gasteiger partial charge in [-0.05, 0) is 32.4 Å². The minimum Gasteiger partial charge on any atom is -0.302 e. The number of hydrogen-bond acceptors (Lipinski definition) is 4. The average molecular weight is 273 g/mol. The molecule has 96 valence electrons. The lowest BCUT2D eigenvalue weighted by Gasteiger charge is -2.36. The minimum atomic E-state index is -2.94. The molecule has 0 aliphatic carbocycles. The predicted octanol–water partition coefficient (Wildman–Crippen LogP) is 2.15. The van der Waals surface area contributed by atoms with Crippen molar-refractivity contribution in [3.63, 3.8) is 0 Å². The van der Waals surface area contributed by atoms with Crippen LogP contribution in [0, 0.1) is 0 Å². The highest BCUT2D eigenvalue weighted by Gasteiger charge is 2.37. The van der Waals surface area contributed by atoms with Crippen LogP contribution in [0.5, 0.6) is 0 Å². The lowest BCUT2D eigenvalue weighted by molar-refractivity contribution is 0.362. The SMILES string of the molecule is CCc1ccc(C2CS(=O)(=O)CC(C)(C)N2)s1. The third-order valence-electron chi connectivity index (χ3n) is 2.94. The summed E-state index contributed by atoms with van der Waals surface area (Å²) in [6.07, 6.45) is 1.01. The molecule has 1 aromatic heterocycles. The maximum Gasteiger partial charge on any atom is 0.153 e. The quantitative estimate of drug-likeness (QED) is 0.898. The maximum atomic E-state index is 11.9. The van der Waals surface area contributed by atoms with Gasteiger partial charge in [-0.15, -0.1) is 11.3 Å². The molecule has 1 aliphatic rings. The van der Waals surface area contributed by atoms with Gasteiger partial charge in [-0.25, -0.2) is 8.42 Å². The summed E-state index contributed by atoms with van der Waals surface area (Å²) in [6, 6.07) is 4.10. The molecule has 0 saturated carbocycles. The molecule has 1 atom stereocenters. The van der Waals surface area contributed by atoms with E-state index in [0.717, 1.165) is 11.3 Å². The molecule has 0 bridgehead atoms. The highest BCUT2D eigenvalue weighted by molar-refractivity contribution is 7.91. The molecule has 17 heavy (non-hydrogen) atoms. The Bertz CT molecular complexity index is 502. The van der Waals surface area contributed by atoms with Crippen LogP contribution < -0.4 is 5.32 Å². The van der Waals surface area contributed by atoms with Gasteiger partial charge >= 0.3 is 0 Å². The molecular weight excluding hydrogens is 254 g/mol. The largest absolute Gasteiger partial charge is 0.302 e. The van der Waals surface area contributed by atoms with Crippen molar-refractivity contribution in [2.45, 2.75) is 38.8 Å².